The average Bonchev–Trinajstić information content (AvgIpc) is 2.69. The number of alkyl halides is 1. The van der Waals surface area contributed by atoms with Gasteiger partial charge in [0, 0.05) is 24.7 Å². The van der Waals surface area contributed by atoms with Gasteiger partial charge < -0.3 is 5.32 Å². The van der Waals surface area contributed by atoms with Crippen LogP contribution in [0.4, 0.5) is 0 Å². The Hall–Kier alpha value is -1.03. The van der Waals surface area contributed by atoms with Crippen molar-refractivity contribution >= 4 is 17.5 Å². The van der Waals surface area contributed by atoms with Crippen molar-refractivity contribution in [2.24, 2.45) is 13.0 Å². The number of carbonyl (C=O) groups is 1. The number of halogens is 1. The Balaban J connectivity index is 1.90. The van der Waals surface area contributed by atoms with Gasteiger partial charge in [0.25, 0.3) is 5.91 Å². The van der Waals surface area contributed by atoms with Gasteiger partial charge in [0.15, 0.2) is 0 Å². The van der Waals surface area contributed by atoms with Crippen molar-refractivity contribution < 1.29 is 4.79 Å². The summed E-state index contributed by atoms with van der Waals surface area (Å²) >= 11 is 6.28. The summed E-state index contributed by atoms with van der Waals surface area (Å²) in [5.41, 5.74) is 1.54. The monoisotopic (exact) mass is 269 g/mol. The molecular formula is C13H20ClN3O. The number of aryl methyl sites for hydroxylation is 1. The molecule has 1 N–H and O–H groups in total. The lowest BCUT2D eigenvalue weighted by Gasteiger charge is -2.27. The van der Waals surface area contributed by atoms with Gasteiger partial charge in [-0.05, 0) is 25.7 Å². The van der Waals surface area contributed by atoms with Crippen LogP contribution in [-0.2, 0) is 7.05 Å². The Bertz CT molecular complexity index is 430. The number of hydrogen-bond acceptors (Lipinski definition) is 2. The Kier molecular flexibility index (Phi) is 4.27. The number of nitrogens with one attached hydrogen (secondary N) is 1. The maximum atomic E-state index is 12.0. The van der Waals surface area contributed by atoms with E-state index >= 15 is 0 Å². The van der Waals surface area contributed by atoms with Gasteiger partial charge in [-0.1, -0.05) is 12.8 Å². The molecule has 1 amide bonds. The third-order valence-corrected chi connectivity index (χ3v) is 4.40. The second kappa shape index (κ2) is 5.74. The Morgan fingerprint density at radius 3 is 2.89 bits per heavy atom. The summed E-state index contributed by atoms with van der Waals surface area (Å²) in [6.07, 6.45) is 6.22. The summed E-state index contributed by atoms with van der Waals surface area (Å²) in [5.74, 6) is 0.358. The lowest BCUT2D eigenvalue weighted by molar-refractivity contribution is 0.0943. The molecule has 18 heavy (non-hydrogen) atoms. The normalized spacial score (nSPS) is 23.9. The van der Waals surface area contributed by atoms with Crippen LogP contribution in [0.25, 0.3) is 0 Å². The molecule has 0 bridgehead atoms. The second-order valence-corrected chi connectivity index (χ2v) is 5.60. The first kappa shape index (κ1) is 13.4. The molecule has 0 radical (unpaired) electrons. The van der Waals surface area contributed by atoms with Crippen molar-refractivity contribution in [3.8, 4) is 0 Å². The summed E-state index contributed by atoms with van der Waals surface area (Å²) in [6.45, 7) is 2.56. The standard InChI is InChI=1S/C13H20ClN3O/c1-9-11(8-16-17(9)2)13(18)15-7-10-5-3-4-6-12(10)14/h8,10,12H,3-7H2,1-2H3,(H,15,18). The number of rotatable bonds is 3. The van der Waals surface area contributed by atoms with E-state index < -0.39 is 0 Å². The molecule has 1 saturated carbocycles. The molecule has 0 aromatic carbocycles. The first-order valence-electron chi connectivity index (χ1n) is 6.50. The molecule has 2 unspecified atom stereocenters. The number of carbonyl (C=O) groups excluding carboxylic acids is 1. The fourth-order valence-corrected chi connectivity index (χ4v) is 2.80. The summed E-state index contributed by atoms with van der Waals surface area (Å²) in [6, 6.07) is 0. The zero-order valence-electron chi connectivity index (χ0n) is 10.9. The van der Waals surface area contributed by atoms with E-state index in [-0.39, 0.29) is 11.3 Å². The van der Waals surface area contributed by atoms with E-state index in [4.69, 9.17) is 11.6 Å². The van der Waals surface area contributed by atoms with E-state index in [0.717, 1.165) is 18.5 Å². The van der Waals surface area contributed by atoms with Gasteiger partial charge in [0.2, 0.25) is 0 Å². The molecule has 100 valence electrons. The fourth-order valence-electron chi connectivity index (χ4n) is 2.43. The van der Waals surface area contributed by atoms with Crippen LogP contribution >= 0.6 is 11.6 Å². The summed E-state index contributed by atoms with van der Waals surface area (Å²) in [7, 11) is 1.84. The topological polar surface area (TPSA) is 46.9 Å². The van der Waals surface area contributed by atoms with Crippen LogP contribution in [0.1, 0.15) is 41.7 Å². The molecule has 1 aromatic heterocycles. The smallest absolute Gasteiger partial charge is 0.254 e. The van der Waals surface area contributed by atoms with Crippen LogP contribution in [-0.4, -0.2) is 27.6 Å². The van der Waals surface area contributed by atoms with Gasteiger partial charge in [0.1, 0.15) is 0 Å². The van der Waals surface area contributed by atoms with E-state index in [1.165, 1.54) is 12.8 Å². The molecule has 1 aromatic rings. The molecule has 2 rings (SSSR count). The number of amides is 1. The average molecular weight is 270 g/mol. The largest absolute Gasteiger partial charge is 0.352 e. The number of nitrogens with zero attached hydrogens (tertiary/aromatic N) is 2. The zero-order valence-corrected chi connectivity index (χ0v) is 11.7. The molecular weight excluding hydrogens is 250 g/mol. The Morgan fingerprint density at radius 1 is 1.56 bits per heavy atom. The summed E-state index contributed by atoms with van der Waals surface area (Å²) in [5, 5.41) is 7.26. The first-order valence-corrected chi connectivity index (χ1v) is 6.94. The quantitative estimate of drug-likeness (QED) is 0.856. The molecule has 1 aliphatic rings. The van der Waals surface area contributed by atoms with Gasteiger partial charge >= 0.3 is 0 Å². The molecule has 0 spiro atoms. The lowest BCUT2D eigenvalue weighted by Crippen LogP contribution is -2.34. The van der Waals surface area contributed by atoms with Crippen molar-refractivity contribution in [3.05, 3.63) is 17.5 Å². The molecule has 0 saturated heterocycles. The third-order valence-electron chi connectivity index (χ3n) is 3.82. The zero-order chi connectivity index (χ0) is 13.1. The summed E-state index contributed by atoms with van der Waals surface area (Å²) in [4.78, 5) is 12.0. The maximum Gasteiger partial charge on any atom is 0.254 e. The molecule has 1 heterocycles. The highest BCUT2D eigenvalue weighted by atomic mass is 35.5. The van der Waals surface area contributed by atoms with Crippen molar-refractivity contribution in [1.82, 2.24) is 15.1 Å². The molecule has 5 heteroatoms. The van der Waals surface area contributed by atoms with Gasteiger partial charge in [-0.3, -0.25) is 9.48 Å². The van der Waals surface area contributed by atoms with Crippen LogP contribution in [0, 0.1) is 12.8 Å². The first-order chi connectivity index (χ1) is 8.59. The molecule has 4 nitrogen and oxygen atoms in total. The lowest BCUT2D eigenvalue weighted by atomic mass is 9.88. The van der Waals surface area contributed by atoms with Crippen molar-refractivity contribution in [2.75, 3.05) is 6.54 Å². The van der Waals surface area contributed by atoms with Crippen molar-refractivity contribution in [2.45, 2.75) is 38.0 Å². The van der Waals surface area contributed by atoms with Crippen LogP contribution in [0.15, 0.2) is 6.20 Å². The SMILES string of the molecule is Cc1c(C(=O)NCC2CCCCC2Cl)cnn1C. The van der Waals surface area contributed by atoms with Gasteiger partial charge in [-0.25, -0.2) is 0 Å². The van der Waals surface area contributed by atoms with E-state index in [0.29, 0.717) is 18.0 Å². The Morgan fingerprint density at radius 2 is 2.28 bits per heavy atom. The van der Waals surface area contributed by atoms with E-state index in [2.05, 4.69) is 10.4 Å². The van der Waals surface area contributed by atoms with Gasteiger partial charge in [0.05, 0.1) is 11.8 Å². The number of aromatic nitrogens is 2. The van der Waals surface area contributed by atoms with E-state index in [1.807, 2.05) is 14.0 Å². The third kappa shape index (κ3) is 2.86. The maximum absolute atomic E-state index is 12.0. The Labute approximate surface area is 113 Å². The van der Waals surface area contributed by atoms with Crippen LogP contribution in [0.2, 0.25) is 0 Å². The molecule has 2 atom stereocenters. The minimum atomic E-state index is -0.0463. The highest BCUT2D eigenvalue weighted by Crippen LogP contribution is 2.28. The highest BCUT2D eigenvalue weighted by Gasteiger charge is 2.24. The van der Waals surface area contributed by atoms with E-state index in [9.17, 15) is 4.79 Å². The second-order valence-electron chi connectivity index (χ2n) is 5.04. The molecule has 1 fully saturated rings. The molecule has 1 aliphatic carbocycles. The fraction of sp³-hybridized carbons (Fsp3) is 0.692. The predicted molar refractivity (Wildman–Crippen MR) is 71.9 cm³/mol. The van der Waals surface area contributed by atoms with Crippen molar-refractivity contribution in [3.63, 3.8) is 0 Å². The van der Waals surface area contributed by atoms with Crippen LogP contribution < -0.4 is 5.32 Å². The minimum absolute atomic E-state index is 0.0463. The highest BCUT2D eigenvalue weighted by molar-refractivity contribution is 6.20. The van der Waals surface area contributed by atoms with E-state index in [1.54, 1.807) is 10.9 Å². The minimum Gasteiger partial charge on any atom is -0.352 e. The molecule has 0 aliphatic heterocycles. The number of hydrogen-bond donors (Lipinski definition) is 1. The van der Waals surface area contributed by atoms with Crippen LogP contribution in [0.5, 0.6) is 0 Å². The predicted octanol–water partition coefficient (Wildman–Crippen LogP) is 2.26. The van der Waals surface area contributed by atoms with Crippen LogP contribution in [0.3, 0.4) is 0 Å². The van der Waals surface area contributed by atoms with Gasteiger partial charge in [-0.15, -0.1) is 11.6 Å². The van der Waals surface area contributed by atoms with Gasteiger partial charge in [-0.2, -0.15) is 5.10 Å². The summed E-state index contributed by atoms with van der Waals surface area (Å²) < 4.78 is 1.71. The van der Waals surface area contributed by atoms with Crippen molar-refractivity contribution in [1.29, 1.82) is 0 Å².